The van der Waals surface area contributed by atoms with Crippen molar-refractivity contribution in [2.24, 2.45) is 0 Å². The van der Waals surface area contributed by atoms with Crippen molar-refractivity contribution < 1.29 is 10.2 Å². The van der Waals surface area contributed by atoms with E-state index in [0.717, 1.165) is 16.6 Å². The lowest BCUT2D eigenvalue weighted by Crippen LogP contribution is -2.23. The molecule has 0 amide bonds. The lowest BCUT2D eigenvalue weighted by Gasteiger charge is -2.06. The van der Waals surface area contributed by atoms with Crippen LogP contribution in [0.1, 0.15) is 5.56 Å². The molecular weight excluding hydrogens is 206 g/mol. The average Bonchev–Trinajstić information content (AvgIpc) is 2.67. The van der Waals surface area contributed by atoms with Crippen molar-refractivity contribution in [1.82, 2.24) is 9.97 Å². The third kappa shape index (κ3) is 2.32. The van der Waals surface area contributed by atoms with Crippen molar-refractivity contribution in [3.8, 4) is 0 Å². The molecule has 4 N–H and O–H groups in total. The van der Waals surface area contributed by atoms with Gasteiger partial charge in [0.05, 0.1) is 23.7 Å². The van der Waals surface area contributed by atoms with Gasteiger partial charge in [-0.05, 0) is 24.6 Å². The molecule has 0 saturated carbocycles. The minimum absolute atomic E-state index is 0.258. The number of aromatic nitrogens is 2. The normalized spacial score (nSPS) is 12.9. The smallest absolute Gasteiger partial charge is 0.201 e. The van der Waals surface area contributed by atoms with Crippen molar-refractivity contribution in [2.45, 2.75) is 13.0 Å². The summed E-state index contributed by atoms with van der Waals surface area (Å²) in [6.07, 6.45) is -0.769. The molecule has 1 aromatic heterocycles. The summed E-state index contributed by atoms with van der Waals surface area (Å²) >= 11 is 0. The second kappa shape index (κ2) is 4.51. The standard InChI is InChI=1S/C11H15N3O2/c1-7-2-3-9-10(4-7)14-11(13-9)12-5-8(16)6-15/h2-4,8,15-16H,5-6H2,1H3,(H2,12,13,14). The second-order valence-corrected chi connectivity index (χ2v) is 3.82. The number of aryl methyl sites for hydroxylation is 1. The number of aromatic amines is 1. The predicted molar refractivity (Wildman–Crippen MR) is 62.4 cm³/mol. The first-order valence-electron chi connectivity index (χ1n) is 5.18. The van der Waals surface area contributed by atoms with Gasteiger partial charge in [0, 0.05) is 6.54 Å². The molecule has 1 aromatic carbocycles. The van der Waals surface area contributed by atoms with Crippen molar-refractivity contribution >= 4 is 17.0 Å². The number of rotatable bonds is 4. The molecule has 2 rings (SSSR count). The van der Waals surface area contributed by atoms with Crippen LogP contribution in [0.25, 0.3) is 11.0 Å². The van der Waals surface area contributed by atoms with Crippen molar-refractivity contribution in [3.63, 3.8) is 0 Å². The fourth-order valence-corrected chi connectivity index (χ4v) is 1.49. The first kappa shape index (κ1) is 10.9. The molecule has 1 unspecified atom stereocenters. The number of fused-ring (bicyclic) bond motifs is 1. The van der Waals surface area contributed by atoms with E-state index in [1.165, 1.54) is 0 Å². The first-order chi connectivity index (χ1) is 7.69. The van der Waals surface area contributed by atoms with Gasteiger partial charge in [0.1, 0.15) is 0 Å². The Morgan fingerprint density at radius 2 is 2.31 bits per heavy atom. The Morgan fingerprint density at radius 1 is 1.50 bits per heavy atom. The van der Waals surface area contributed by atoms with Crippen LogP contribution in [0.5, 0.6) is 0 Å². The molecule has 1 heterocycles. The van der Waals surface area contributed by atoms with Crippen LogP contribution in [0.3, 0.4) is 0 Å². The Bertz CT molecular complexity index is 481. The van der Waals surface area contributed by atoms with Gasteiger partial charge in [-0.1, -0.05) is 6.07 Å². The van der Waals surface area contributed by atoms with Crippen LogP contribution < -0.4 is 5.32 Å². The van der Waals surface area contributed by atoms with E-state index in [4.69, 9.17) is 5.11 Å². The van der Waals surface area contributed by atoms with E-state index in [1.54, 1.807) is 0 Å². The van der Waals surface area contributed by atoms with E-state index in [1.807, 2.05) is 25.1 Å². The third-order valence-electron chi connectivity index (χ3n) is 2.35. The van der Waals surface area contributed by atoms with Gasteiger partial charge in [-0.25, -0.2) is 4.98 Å². The molecule has 86 valence electrons. The Kier molecular flexibility index (Phi) is 3.07. The Labute approximate surface area is 93.1 Å². The number of nitrogens with zero attached hydrogens (tertiary/aromatic N) is 1. The summed E-state index contributed by atoms with van der Waals surface area (Å²) in [7, 11) is 0. The first-order valence-corrected chi connectivity index (χ1v) is 5.18. The number of nitrogens with one attached hydrogen (secondary N) is 2. The monoisotopic (exact) mass is 221 g/mol. The van der Waals surface area contributed by atoms with Crippen LogP contribution in [-0.2, 0) is 0 Å². The lowest BCUT2D eigenvalue weighted by atomic mass is 10.2. The Balaban J connectivity index is 2.13. The molecule has 16 heavy (non-hydrogen) atoms. The number of aliphatic hydroxyl groups is 2. The third-order valence-corrected chi connectivity index (χ3v) is 2.35. The number of H-pyrrole nitrogens is 1. The van der Waals surface area contributed by atoms with Gasteiger partial charge in [0.2, 0.25) is 5.95 Å². The van der Waals surface area contributed by atoms with E-state index in [9.17, 15) is 5.11 Å². The zero-order valence-corrected chi connectivity index (χ0v) is 9.07. The number of hydrogen-bond donors (Lipinski definition) is 4. The molecule has 0 saturated heterocycles. The molecule has 5 heteroatoms. The molecule has 0 fully saturated rings. The maximum Gasteiger partial charge on any atom is 0.201 e. The fraction of sp³-hybridized carbons (Fsp3) is 0.364. The van der Waals surface area contributed by atoms with E-state index >= 15 is 0 Å². The maximum atomic E-state index is 9.18. The van der Waals surface area contributed by atoms with E-state index in [2.05, 4.69) is 15.3 Å². The van der Waals surface area contributed by atoms with E-state index in [-0.39, 0.29) is 13.2 Å². The molecule has 0 bridgehead atoms. The molecule has 0 aliphatic heterocycles. The van der Waals surface area contributed by atoms with E-state index < -0.39 is 6.10 Å². The number of aliphatic hydroxyl groups excluding tert-OH is 2. The van der Waals surface area contributed by atoms with Crippen LogP contribution in [0, 0.1) is 6.92 Å². The van der Waals surface area contributed by atoms with Crippen molar-refractivity contribution in [1.29, 1.82) is 0 Å². The summed E-state index contributed by atoms with van der Waals surface area (Å²) in [5.41, 5.74) is 3.01. The van der Waals surface area contributed by atoms with Crippen LogP contribution in [0.2, 0.25) is 0 Å². The van der Waals surface area contributed by atoms with Gasteiger partial charge in [-0.15, -0.1) is 0 Å². The predicted octanol–water partition coefficient (Wildman–Crippen LogP) is 0.636. The fourth-order valence-electron chi connectivity index (χ4n) is 1.49. The van der Waals surface area contributed by atoms with Crippen molar-refractivity contribution in [2.75, 3.05) is 18.5 Å². The summed E-state index contributed by atoms with van der Waals surface area (Å²) in [5, 5.41) is 20.8. The highest BCUT2D eigenvalue weighted by molar-refractivity contribution is 5.78. The van der Waals surface area contributed by atoms with Gasteiger partial charge in [0.15, 0.2) is 0 Å². The van der Waals surface area contributed by atoms with Crippen molar-refractivity contribution in [3.05, 3.63) is 23.8 Å². The zero-order chi connectivity index (χ0) is 11.5. The molecular formula is C11H15N3O2. The Hall–Kier alpha value is -1.59. The SMILES string of the molecule is Cc1ccc2nc(NCC(O)CO)[nH]c2c1. The molecule has 0 aliphatic carbocycles. The van der Waals surface area contributed by atoms with Crippen LogP contribution in [0.15, 0.2) is 18.2 Å². The zero-order valence-electron chi connectivity index (χ0n) is 9.07. The molecule has 5 nitrogen and oxygen atoms in total. The van der Waals surface area contributed by atoms with Gasteiger partial charge in [-0.3, -0.25) is 0 Å². The lowest BCUT2D eigenvalue weighted by molar-refractivity contribution is 0.105. The molecule has 2 aromatic rings. The van der Waals surface area contributed by atoms with Gasteiger partial charge < -0.3 is 20.5 Å². The molecule has 0 aliphatic rings. The molecule has 0 spiro atoms. The molecule has 0 radical (unpaired) electrons. The quantitative estimate of drug-likeness (QED) is 0.610. The van der Waals surface area contributed by atoms with Gasteiger partial charge in [-0.2, -0.15) is 0 Å². The summed E-state index contributed by atoms with van der Waals surface area (Å²) in [5.74, 6) is 0.605. The van der Waals surface area contributed by atoms with E-state index in [0.29, 0.717) is 5.95 Å². The number of benzene rings is 1. The Morgan fingerprint density at radius 3 is 3.06 bits per heavy atom. The van der Waals surface area contributed by atoms with Gasteiger partial charge >= 0.3 is 0 Å². The largest absolute Gasteiger partial charge is 0.394 e. The topological polar surface area (TPSA) is 81.2 Å². The second-order valence-electron chi connectivity index (χ2n) is 3.82. The van der Waals surface area contributed by atoms with Crippen LogP contribution >= 0.6 is 0 Å². The summed E-state index contributed by atoms with van der Waals surface area (Å²) in [6, 6.07) is 5.94. The minimum Gasteiger partial charge on any atom is -0.394 e. The highest BCUT2D eigenvalue weighted by Crippen LogP contribution is 2.15. The maximum absolute atomic E-state index is 9.18. The highest BCUT2D eigenvalue weighted by Gasteiger charge is 2.05. The summed E-state index contributed by atoms with van der Waals surface area (Å²) in [6.45, 7) is 2.03. The van der Waals surface area contributed by atoms with Crippen LogP contribution in [-0.4, -0.2) is 39.4 Å². The number of hydrogen-bond acceptors (Lipinski definition) is 4. The summed E-state index contributed by atoms with van der Waals surface area (Å²) < 4.78 is 0. The number of anilines is 1. The number of imidazole rings is 1. The minimum atomic E-state index is -0.769. The highest BCUT2D eigenvalue weighted by atomic mass is 16.3. The van der Waals surface area contributed by atoms with Gasteiger partial charge in [0.25, 0.3) is 0 Å². The summed E-state index contributed by atoms with van der Waals surface area (Å²) in [4.78, 5) is 7.40. The molecule has 1 atom stereocenters. The average molecular weight is 221 g/mol. The van der Waals surface area contributed by atoms with Crippen LogP contribution in [0.4, 0.5) is 5.95 Å².